The topological polar surface area (TPSA) is 70.2 Å². The summed E-state index contributed by atoms with van der Waals surface area (Å²) in [5.41, 5.74) is 3.00. The highest BCUT2D eigenvalue weighted by molar-refractivity contribution is 5.97. The first-order valence-electron chi connectivity index (χ1n) is 12.2. The molecule has 34 heavy (non-hydrogen) atoms. The Hall–Kier alpha value is -3.44. The van der Waals surface area contributed by atoms with Crippen molar-refractivity contribution in [1.82, 2.24) is 16.0 Å². The highest BCUT2D eigenvalue weighted by Gasteiger charge is 2.37. The summed E-state index contributed by atoms with van der Waals surface area (Å²) in [4.78, 5) is 25.6. The van der Waals surface area contributed by atoms with Crippen molar-refractivity contribution in [3.63, 3.8) is 0 Å². The van der Waals surface area contributed by atoms with Gasteiger partial charge in [-0.3, -0.25) is 9.59 Å². The normalized spacial score (nSPS) is 17.5. The molecule has 3 aromatic rings. The fourth-order valence-electron chi connectivity index (χ4n) is 4.26. The van der Waals surface area contributed by atoms with Crippen molar-refractivity contribution in [2.75, 3.05) is 6.54 Å². The van der Waals surface area contributed by atoms with Gasteiger partial charge in [0.25, 0.3) is 5.91 Å². The molecule has 0 heterocycles. The predicted octanol–water partition coefficient (Wildman–Crippen LogP) is 4.42. The standard InChI is InChI=1S/C29H33N3O2/c33-28(24-16-8-3-9-17-24)32-26(29(34)31-21-22-12-4-1-5-13-22)18-10-11-19-30-27-20-25(27)23-14-6-2-7-15-23/h1-9,12-17,25-27,30H,10-11,18-21H2,(H,31,34)(H,32,33)/t25-,26?,27+/m0/s1. The average molecular weight is 456 g/mol. The lowest BCUT2D eigenvalue weighted by atomic mass is 10.1. The SMILES string of the molecule is O=C(NC(CCCCN[C@@H]1C[C@H]1c1ccccc1)C(=O)NCc1ccccc1)c1ccccc1. The van der Waals surface area contributed by atoms with Crippen molar-refractivity contribution in [3.05, 3.63) is 108 Å². The summed E-state index contributed by atoms with van der Waals surface area (Å²) in [5, 5.41) is 9.55. The molecule has 1 aliphatic rings. The fraction of sp³-hybridized carbons (Fsp3) is 0.310. The zero-order valence-electron chi connectivity index (χ0n) is 19.5. The van der Waals surface area contributed by atoms with Gasteiger partial charge in [-0.05, 0) is 55.5 Å². The first kappa shape index (κ1) is 23.7. The number of unbranched alkanes of at least 4 members (excludes halogenated alkanes) is 1. The molecule has 0 spiro atoms. The largest absolute Gasteiger partial charge is 0.350 e. The Morgan fingerprint density at radius 2 is 1.47 bits per heavy atom. The highest BCUT2D eigenvalue weighted by Crippen LogP contribution is 2.40. The molecule has 1 saturated carbocycles. The van der Waals surface area contributed by atoms with Gasteiger partial charge in [0.15, 0.2) is 0 Å². The lowest BCUT2D eigenvalue weighted by Crippen LogP contribution is -2.46. The summed E-state index contributed by atoms with van der Waals surface area (Å²) in [5.74, 6) is 0.248. The fourth-order valence-corrected chi connectivity index (χ4v) is 4.26. The molecule has 3 atom stereocenters. The summed E-state index contributed by atoms with van der Waals surface area (Å²) in [7, 11) is 0. The van der Waals surface area contributed by atoms with Crippen molar-refractivity contribution in [2.45, 2.75) is 50.2 Å². The maximum Gasteiger partial charge on any atom is 0.251 e. The Morgan fingerprint density at radius 3 is 2.18 bits per heavy atom. The second-order valence-electron chi connectivity index (χ2n) is 8.90. The molecule has 0 bridgehead atoms. The van der Waals surface area contributed by atoms with E-state index in [2.05, 4.69) is 46.3 Å². The first-order valence-corrected chi connectivity index (χ1v) is 12.2. The number of benzene rings is 3. The molecule has 0 radical (unpaired) electrons. The number of carbonyl (C=O) groups is 2. The van der Waals surface area contributed by atoms with E-state index in [1.807, 2.05) is 48.5 Å². The van der Waals surface area contributed by atoms with E-state index in [9.17, 15) is 9.59 Å². The Labute approximate surface area is 202 Å². The van der Waals surface area contributed by atoms with Crippen LogP contribution in [0.15, 0.2) is 91.0 Å². The number of hydrogen-bond donors (Lipinski definition) is 3. The molecule has 2 amide bonds. The molecule has 1 fully saturated rings. The van der Waals surface area contributed by atoms with Gasteiger partial charge in [-0.1, -0.05) is 78.9 Å². The third-order valence-corrected chi connectivity index (χ3v) is 6.31. The van der Waals surface area contributed by atoms with Crippen LogP contribution in [0.5, 0.6) is 0 Å². The minimum atomic E-state index is -0.561. The highest BCUT2D eigenvalue weighted by atomic mass is 16.2. The molecule has 4 rings (SSSR count). The monoisotopic (exact) mass is 455 g/mol. The van der Waals surface area contributed by atoms with Gasteiger partial charge >= 0.3 is 0 Å². The van der Waals surface area contributed by atoms with E-state index in [0.29, 0.717) is 30.5 Å². The molecule has 0 aliphatic heterocycles. The molecule has 176 valence electrons. The minimum absolute atomic E-state index is 0.146. The van der Waals surface area contributed by atoms with E-state index < -0.39 is 6.04 Å². The van der Waals surface area contributed by atoms with E-state index in [1.165, 1.54) is 12.0 Å². The average Bonchev–Trinajstić information content (AvgIpc) is 3.67. The van der Waals surface area contributed by atoms with Gasteiger partial charge in [0.2, 0.25) is 5.91 Å². The smallest absolute Gasteiger partial charge is 0.251 e. The second-order valence-corrected chi connectivity index (χ2v) is 8.90. The van der Waals surface area contributed by atoms with Crippen LogP contribution in [0.25, 0.3) is 0 Å². The van der Waals surface area contributed by atoms with Crippen LogP contribution in [0.4, 0.5) is 0 Å². The first-order chi connectivity index (χ1) is 16.7. The van der Waals surface area contributed by atoms with Crippen molar-refractivity contribution < 1.29 is 9.59 Å². The minimum Gasteiger partial charge on any atom is -0.350 e. The van der Waals surface area contributed by atoms with E-state index >= 15 is 0 Å². The molecule has 1 aliphatic carbocycles. The van der Waals surface area contributed by atoms with Crippen LogP contribution in [0.3, 0.4) is 0 Å². The number of nitrogens with one attached hydrogen (secondary N) is 3. The maximum absolute atomic E-state index is 12.9. The van der Waals surface area contributed by atoms with Crippen LogP contribution in [-0.2, 0) is 11.3 Å². The molecule has 3 N–H and O–H groups in total. The Morgan fingerprint density at radius 1 is 0.824 bits per heavy atom. The summed E-state index contributed by atoms with van der Waals surface area (Å²) < 4.78 is 0. The van der Waals surface area contributed by atoms with Crippen molar-refractivity contribution in [3.8, 4) is 0 Å². The van der Waals surface area contributed by atoms with Crippen LogP contribution in [-0.4, -0.2) is 30.4 Å². The van der Waals surface area contributed by atoms with Crippen LogP contribution < -0.4 is 16.0 Å². The zero-order chi connectivity index (χ0) is 23.6. The molecular formula is C29H33N3O2. The van der Waals surface area contributed by atoms with Crippen LogP contribution in [0.1, 0.15) is 53.1 Å². The Balaban J connectivity index is 1.24. The lowest BCUT2D eigenvalue weighted by Gasteiger charge is -2.19. The second kappa shape index (κ2) is 12.1. The molecule has 5 nitrogen and oxygen atoms in total. The van der Waals surface area contributed by atoms with E-state index in [1.54, 1.807) is 12.1 Å². The van der Waals surface area contributed by atoms with Gasteiger partial charge in [0.05, 0.1) is 0 Å². The van der Waals surface area contributed by atoms with Gasteiger partial charge in [0.1, 0.15) is 6.04 Å². The van der Waals surface area contributed by atoms with Gasteiger partial charge < -0.3 is 16.0 Å². The Kier molecular flexibility index (Phi) is 8.47. The van der Waals surface area contributed by atoms with Crippen molar-refractivity contribution in [2.24, 2.45) is 0 Å². The van der Waals surface area contributed by atoms with Crippen LogP contribution in [0.2, 0.25) is 0 Å². The van der Waals surface area contributed by atoms with Crippen LogP contribution in [0, 0.1) is 0 Å². The number of hydrogen-bond acceptors (Lipinski definition) is 3. The maximum atomic E-state index is 12.9. The van der Waals surface area contributed by atoms with E-state index in [0.717, 1.165) is 24.9 Å². The zero-order valence-corrected chi connectivity index (χ0v) is 19.5. The van der Waals surface area contributed by atoms with Gasteiger partial charge in [-0.2, -0.15) is 0 Å². The summed E-state index contributed by atoms with van der Waals surface area (Å²) in [6, 6.07) is 29.5. The van der Waals surface area contributed by atoms with Crippen LogP contribution >= 0.6 is 0 Å². The predicted molar refractivity (Wildman–Crippen MR) is 135 cm³/mol. The summed E-state index contributed by atoms with van der Waals surface area (Å²) in [6.07, 6.45) is 3.60. The Bertz CT molecular complexity index is 1040. The van der Waals surface area contributed by atoms with Gasteiger partial charge in [-0.25, -0.2) is 0 Å². The molecular weight excluding hydrogens is 422 g/mol. The van der Waals surface area contributed by atoms with Gasteiger partial charge in [-0.15, -0.1) is 0 Å². The molecule has 3 aromatic carbocycles. The van der Waals surface area contributed by atoms with Crippen molar-refractivity contribution >= 4 is 11.8 Å². The van der Waals surface area contributed by atoms with Gasteiger partial charge in [0, 0.05) is 24.1 Å². The molecule has 0 aromatic heterocycles. The number of amides is 2. The summed E-state index contributed by atoms with van der Waals surface area (Å²) in [6.45, 7) is 1.36. The molecule has 0 saturated heterocycles. The third kappa shape index (κ3) is 7.03. The third-order valence-electron chi connectivity index (χ3n) is 6.31. The number of carbonyl (C=O) groups excluding carboxylic acids is 2. The molecule has 5 heteroatoms. The lowest BCUT2D eigenvalue weighted by molar-refractivity contribution is -0.123. The number of rotatable bonds is 12. The van der Waals surface area contributed by atoms with E-state index in [4.69, 9.17) is 0 Å². The van der Waals surface area contributed by atoms with E-state index in [-0.39, 0.29) is 11.8 Å². The van der Waals surface area contributed by atoms with Crippen molar-refractivity contribution in [1.29, 1.82) is 0 Å². The quantitative estimate of drug-likeness (QED) is 0.354. The molecule has 1 unspecified atom stereocenters. The summed E-state index contributed by atoms with van der Waals surface area (Å²) >= 11 is 0.